The molecule has 0 bridgehead atoms. The van der Waals surface area contributed by atoms with E-state index in [4.69, 9.17) is 23.2 Å². The van der Waals surface area contributed by atoms with Gasteiger partial charge in [-0.25, -0.2) is 0 Å². The standard InChI is InChI=1S/C18H27Cl2NO/c1-6-7-13(2)21(17(22)11-18(3,4)5)12-14-8-9-15(19)16(20)10-14/h8-10,13H,6-7,11-12H2,1-5H3. The van der Waals surface area contributed by atoms with Crippen molar-refractivity contribution in [3.63, 3.8) is 0 Å². The first kappa shape index (κ1) is 19.3. The van der Waals surface area contributed by atoms with Crippen molar-refractivity contribution in [1.29, 1.82) is 0 Å². The molecule has 0 radical (unpaired) electrons. The van der Waals surface area contributed by atoms with Crippen molar-refractivity contribution in [2.75, 3.05) is 0 Å². The average Bonchev–Trinajstić information content (AvgIpc) is 2.38. The van der Waals surface area contributed by atoms with Crippen molar-refractivity contribution in [3.8, 4) is 0 Å². The predicted molar refractivity (Wildman–Crippen MR) is 95.5 cm³/mol. The summed E-state index contributed by atoms with van der Waals surface area (Å²) < 4.78 is 0. The molecular formula is C18H27Cl2NO. The number of hydrogen-bond donors (Lipinski definition) is 0. The van der Waals surface area contributed by atoms with Gasteiger partial charge in [-0.15, -0.1) is 0 Å². The van der Waals surface area contributed by atoms with Gasteiger partial charge in [-0.1, -0.05) is 63.4 Å². The van der Waals surface area contributed by atoms with Gasteiger partial charge < -0.3 is 4.90 Å². The molecule has 4 heteroatoms. The summed E-state index contributed by atoms with van der Waals surface area (Å²) in [4.78, 5) is 14.7. The Morgan fingerprint density at radius 2 is 1.86 bits per heavy atom. The summed E-state index contributed by atoms with van der Waals surface area (Å²) in [5.74, 6) is 0.194. The van der Waals surface area contributed by atoms with Gasteiger partial charge in [0.05, 0.1) is 10.0 Å². The Morgan fingerprint density at radius 1 is 1.23 bits per heavy atom. The fourth-order valence-electron chi connectivity index (χ4n) is 2.45. The van der Waals surface area contributed by atoms with Crippen molar-refractivity contribution in [1.82, 2.24) is 4.90 Å². The normalized spacial score (nSPS) is 13.0. The van der Waals surface area contributed by atoms with E-state index in [1.165, 1.54) is 0 Å². The maximum absolute atomic E-state index is 12.7. The molecule has 0 saturated heterocycles. The number of amides is 1. The lowest BCUT2D eigenvalue weighted by Gasteiger charge is -2.32. The SMILES string of the molecule is CCCC(C)N(Cc1ccc(Cl)c(Cl)c1)C(=O)CC(C)(C)C. The van der Waals surface area contributed by atoms with Crippen LogP contribution in [0, 0.1) is 5.41 Å². The fraction of sp³-hybridized carbons (Fsp3) is 0.611. The molecule has 0 saturated carbocycles. The second-order valence-electron chi connectivity index (χ2n) is 7.15. The van der Waals surface area contributed by atoms with E-state index in [0.29, 0.717) is 23.0 Å². The average molecular weight is 344 g/mol. The van der Waals surface area contributed by atoms with Crippen LogP contribution >= 0.6 is 23.2 Å². The molecule has 0 heterocycles. The van der Waals surface area contributed by atoms with Crippen LogP contribution in [0.25, 0.3) is 0 Å². The molecule has 0 N–H and O–H groups in total. The van der Waals surface area contributed by atoms with Crippen LogP contribution in [0.3, 0.4) is 0 Å². The highest BCUT2D eigenvalue weighted by molar-refractivity contribution is 6.42. The number of nitrogens with zero attached hydrogens (tertiary/aromatic N) is 1. The largest absolute Gasteiger partial charge is 0.336 e. The first-order valence-corrected chi connectivity index (χ1v) is 8.63. The Labute approximate surface area is 144 Å². The van der Waals surface area contributed by atoms with E-state index in [0.717, 1.165) is 18.4 Å². The molecule has 1 rings (SSSR count). The van der Waals surface area contributed by atoms with Gasteiger partial charge in [0, 0.05) is 19.0 Å². The lowest BCUT2D eigenvalue weighted by molar-refractivity contribution is -0.136. The van der Waals surface area contributed by atoms with Gasteiger partial charge in [0.2, 0.25) is 5.91 Å². The number of halogens is 2. The van der Waals surface area contributed by atoms with Crippen LogP contribution in [0.5, 0.6) is 0 Å². The van der Waals surface area contributed by atoms with E-state index in [2.05, 4.69) is 34.6 Å². The summed E-state index contributed by atoms with van der Waals surface area (Å²) in [6.07, 6.45) is 2.60. The topological polar surface area (TPSA) is 20.3 Å². The highest BCUT2D eigenvalue weighted by Gasteiger charge is 2.24. The number of carbonyl (C=O) groups excluding carboxylic acids is 1. The van der Waals surface area contributed by atoms with Crippen LogP contribution < -0.4 is 0 Å². The van der Waals surface area contributed by atoms with Crippen molar-refractivity contribution in [2.24, 2.45) is 5.41 Å². The van der Waals surface area contributed by atoms with Gasteiger partial charge in [-0.2, -0.15) is 0 Å². The smallest absolute Gasteiger partial charge is 0.223 e. The number of benzene rings is 1. The molecule has 2 nitrogen and oxygen atoms in total. The third kappa shape index (κ3) is 6.18. The van der Waals surface area contributed by atoms with Crippen LogP contribution in [-0.2, 0) is 11.3 Å². The van der Waals surface area contributed by atoms with E-state index in [1.54, 1.807) is 6.07 Å². The lowest BCUT2D eigenvalue weighted by atomic mass is 9.91. The van der Waals surface area contributed by atoms with Crippen molar-refractivity contribution < 1.29 is 4.79 Å². The van der Waals surface area contributed by atoms with E-state index in [-0.39, 0.29) is 17.4 Å². The molecule has 1 aromatic carbocycles. The minimum Gasteiger partial charge on any atom is -0.336 e. The van der Waals surface area contributed by atoms with E-state index in [1.807, 2.05) is 17.0 Å². The quantitative estimate of drug-likeness (QED) is 0.625. The van der Waals surface area contributed by atoms with Crippen LogP contribution in [0.1, 0.15) is 59.4 Å². The van der Waals surface area contributed by atoms with Gasteiger partial charge in [-0.3, -0.25) is 4.79 Å². The maximum Gasteiger partial charge on any atom is 0.223 e. The van der Waals surface area contributed by atoms with Crippen molar-refractivity contribution in [2.45, 2.75) is 66.5 Å². The molecule has 1 aromatic rings. The zero-order valence-electron chi connectivity index (χ0n) is 14.2. The Morgan fingerprint density at radius 3 is 2.36 bits per heavy atom. The molecular weight excluding hydrogens is 317 g/mol. The monoisotopic (exact) mass is 343 g/mol. The van der Waals surface area contributed by atoms with E-state index >= 15 is 0 Å². The highest BCUT2D eigenvalue weighted by atomic mass is 35.5. The molecule has 0 aliphatic heterocycles. The van der Waals surface area contributed by atoms with Gasteiger partial charge in [0.1, 0.15) is 0 Å². The fourth-order valence-corrected chi connectivity index (χ4v) is 2.77. The van der Waals surface area contributed by atoms with Crippen molar-refractivity contribution >= 4 is 29.1 Å². The molecule has 0 spiro atoms. The summed E-state index contributed by atoms with van der Waals surface area (Å²) >= 11 is 12.1. The molecule has 0 aliphatic rings. The predicted octanol–water partition coefficient (Wildman–Crippen LogP) is 5.95. The van der Waals surface area contributed by atoms with Gasteiger partial charge >= 0.3 is 0 Å². The zero-order valence-corrected chi connectivity index (χ0v) is 15.8. The van der Waals surface area contributed by atoms with E-state index < -0.39 is 0 Å². The second kappa shape index (κ2) is 8.21. The number of rotatable bonds is 6. The van der Waals surface area contributed by atoms with Crippen LogP contribution in [0.4, 0.5) is 0 Å². The molecule has 1 amide bonds. The minimum atomic E-state index is -0.0150. The summed E-state index contributed by atoms with van der Waals surface area (Å²) in [6, 6.07) is 5.79. The molecule has 124 valence electrons. The summed E-state index contributed by atoms with van der Waals surface area (Å²) in [6.45, 7) is 11.1. The molecule has 0 aliphatic carbocycles. The second-order valence-corrected chi connectivity index (χ2v) is 7.96. The first-order chi connectivity index (χ1) is 10.1. The molecule has 0 fully saturated rings. The van der Waals surface area contributed by atoms with Gasteiger partial charge in [0.15, 0.2) is 0 Å². The van der Waals surface area contributed by atoms with Gasteiger partial charge in [-0.05, 0) is 36.5 Å². The number of carbonyl (C=O) groups is 1. The maximum atomic E-state index is 12.7. The molecule has 22 heavy (non-hydrogen) atoms. The lowest BCUT2D eigenvalue weighted by Crippen LogP contribution is -2.39. The minimum absolute atomic E-state index is 0.0150. The molecule has 1 atom stereocenters. The summed E-state index contributed by atoms with van der Waals surface area (Å²) in [5.41, 5.74) is 0.999. The third-order valence-electron chi connectivity index (χ3n) is 3.58. The first-order valence-electron chi connectivity index (χ1n) is 7.87. The number of hydrogen-bond acceptors (Lipinski definition) is 1. The van der Waals surface area contributed by atoms with Crippen LogP contribution in [-0.4, -0.2) is 16.8 Å². The molecule has 0 aromatic heterocycles. The Balaban J connectivity index is 2.94. The van der Waals surface area contributed by atoms with Crippen LogP contribution in [0.15, 0.2) is 18.2 Å². The van der Waals surface area contributed by atoms with E-state index in [9.17, 15) is 4.79 Å². The zero-order chi connectivity index (χ0) is 16.9. The third-order valence-corrected chi connectivity index (χ3v) is 4.32. The Kier molecular flexibility index (Phi) is 7.21. The summed E-state index contributed by atoms with van der Waals surface area (Å²) in [5, 5.41) is 1.07. The highest BCUT2D eigenvalue weighted by Crippen LogP contribution is 2.26. The van der Waals surface area contributed by atoms with Crippen LogP contribution in [0.2, 0.25) is 10.0 Å². The Bertz CT molecular complexity index is 508. The Hall–Kier alpha value is -0.730. The summed E-state index contributed by atoms with van der Waals surface area (Å²) in [7, 11) is 0. The van der Waals surface area contributed by atoms with Crippen molar-refractivity contribution in [3.05, 3.63) is 33.8 Å². The molecule has 1 unspecified atom stereocenters. The van der Waals surface area contributed by atoms with Gasteiger partial charge in [0.25, 0.3) is 0 Å².